The molecular weight excluding hydrogens is 404 g/mol. The predicted molar refractivity (Wildman–Crippen MR) is 117 cm³/mol. The Morgan fingerprint density at radius 2 is 1.97 bits per heavy atom. The van der Waals surface area contributed by atoms with Gasteiger partial charge in [-0.1, -0.05) is 41.4 Å². The number of ether oxygens (including phenoxy) is 2. The minimum absolute atomic E-state index is 0.0649. The number of rotatable bonds is 8. The molecule has 1 aliphatic rings. The molecule has 0 N–H and O–H groups in total. The van der Waals surface area contributed by atoms with Crippen LogP contribution in [0.15, 0.2) is 72.1 Å². The van der Waals surface area contributed by atoms with E-state index in [4.69, 9.17) is 21.1 Å². The third-order valence-corrected chi connectivity index (χ3v) is 6.46. The second-order valence-corrected chi connectivity index (χ2v) is 8.98. The first-order valence-corrected chi connectivity index (χ1v) is 11.2. The molecule has 4 rings (SSSR count). The van der Waals surface area contributed by atoms with E-state index >= 15 is 0 Å². The molecular formula is C23H25ClN2O2S. The molecule has 1 aromatic heterocycles. The van der Waals surface area contributed by atoms with Gasteiger partial charge in [0.15, 0.2) is 5.79 Å². The van der Waals surface area contributed by atoms with Gasteiger partial charge in [-0.05, 0) is 43.2 Å². The van der Waals surface area contributed by atoms with Gasteiger partial charge in [-0.2, -0.15) is 0 Å². The van der Waals surface area contributed by atoms with Gasteiger partial charge in [0.2, 0.25) is 0 Å². The third-order valence-electron chi connectivity index (χ3n) is 5.06. The molecule has 6 heteroatoms. The second kappa shape index (κ2) is 9.35. The summed E-state index contributed by atoms with van der Waals surface area (Å²) in [5.74, 6) is 0.231. The van der Waals surface area contributed by atoms with Gasteiger partial charge in [0.25, 0.3) is 0 Å². The van der Waals surface area contributed by atoms with Crippen molar-refractivity contribution < 1.29 is 9.47 Å². The predicted octanol–water partition coefficient (Wildman–Crippen LogP) is 5.38. The Kier molecular flexibility index (Phi) is 6.60. The number of imidazole rings is 1. The highest BCUT2D eigenvalue weighted by Crippen LogP contribution is 2.33. The van der Waals surface area contributed by atoms with Gasteiger partial charge >= 0.3 is 0 Å². The molecule has 0 spiro atoms. The summed E-state index contributed by atoms with van der Waals surface area (Å²) in [6.45, 7) is 3.34. The van der Waals surface area contributed by atoms with Crippen LogP contribution in [0.25, 0.3) is 0 Å². The van der Waals surface area contributed by atoms with E-state index < -0.39 is 5.79 Å². The zero-order valence-corrected chi connectivity index (χ0v) is 18.0. The van der Waals surface area contributed by atoms with Gasteiger partial charge < -0.3 is 14.0 Å². The molecule has 2 aromatic carbocycles. The summed E-state index contributed by atoms with van der Waals surface area (Å²) in [6, 6.07) is 16.6. The molecule has 152 valence electrons. The van der Waals surface area contributed by atoms with E-state index in [-0.39, 0.29) is 6.10 Å². The molecule has 0 unspecified atom stereocenters. The number of aryl methyl sites for hydroxylation is 2. The molecule has 1 saturated heterocycles. The first-order valence-electron chi connectivity index (χ1n) is 9.82. The summed E-state index contributed by atoms with van der Waals surface area (Å²) >= 11 is 7.82. The standard InChI is InChI=1S/C23H25ClN2O2S/c1-18-2-8-22(9-3-18)29-15-21-14-27-23(28-21,16-26-13-12-25-17-26)11-10-19-4-6-20(24)7-5-19/h2-9,12-13,17,21H,10-11,14-16H2,1H3/t21-,23-/m0/s1. The van der Waals surface area contributed by atoms with Crippen LogP contribution >= 0.6 is 23.4 Å². The smallest absolute Gasteiger partial charge is 0.187 e. The molecule has 2 heterocycles. The first kappa shape index (κ1) is 20.5. The average Bonchev–Trinajstić information content (AvgIpc) is 3.38. The Bertz CT molecular complexity index is 900. The van der Waals surface area contributed by atoms with Gasteiger partial charge in [-0.25, -0.2) is 4.98 Å². The van der Waals surface area contributed by atoms with E-state index in [2.05, 4.69) is 48.3 Å². The molecule has 29 heavy (non-hydrogen) atoms. The number of aromatic nitrogens is 2. The maximum Gasteiger partial charge on any atom is 0.187 e. The summed E-state index contributed by atoms with van der Waals surface area (Å²) in [7, 11) is 0. The van der Waals surface area contributed by atoms with Crippen LogP contribution in [-0.4, -0.2) is 33.8 Å². The van der Waals surface area contributed by atoms with Crippen molar-refractivity contribution in [1.82, 2.24) is 9.55 Å². The molecule has 1 fully saturated rings. The lowest BCUT2D eigenvalue weighted by Crippen LogP contribution is -2.37. The van der Waals surface area contributed by atoms with Gasteiger partial charge in [-0.3, -0.25) is 0 Å². The molecule has 1 aliphatic heterocycles. The summed E-state index contributed by atoms with van der Waals surface area (Å²) in [4.78, 5) is 5.42. The number of thioether (sulfide) groups is 1. The zero-order valence-electron chi connectivity index (χ0n) is 16.5. The van der Waals surface area contributed by atoms with Crippen LogP contribution in [0.2, 0.25) is 5.02 Å². The lowest BCUT2D eigenvalue weighted by Gasteiger charge is -2.28. The molecule has 0 aliphatic carbocycles. The highest BCUT2D eigenvalue weighted by atomic mass is 35.5. The van der Waals surface area contributed by atoms with Gasteiger partial charge in [0.05, 0.1) is 25.6 Å². The van der Waals surface area contributed by atoms with Gasteiger partial charge in [-0.15, -0.1) is 11.8 Å². The van der Waals surface area contributed by atoms with Gasteiger partial charge in [0.1, 0.15) is 0 Å². The van der Waals surface area contributed by atoms with Crippen molar-refractivity contribution in [3.63, 3.8) is 0 Å². The first-order chi connectivity index (χ1) is 14.1. The van der Waals surface area contributed by atoms with Crippen molar-refractivity contribution in [1.29, 1.82) is 0 Å². The molecule has 4 nitrogen and oxygen atoms in total. The van der Waals surface area contributed by atoms with Crippen LogP contribution in [-0.2, 0) is 22.4 Å². The van der Waals surface area contributed by atoms with E-state index in [1.165, 1.54) is 16.0 Å². The fraction of sp³-hybridized carbons (Fsp3) is 0.348. The van der Waals surface area contributed by atoms with Crippen molar-refractivity contribution in [2.75, 3.05) is 12.4 Å². The van der Waals surface area contributed by atoms with Crippen molar-refractivity contribution >= 4 is 23.4 Å². The Morgan fingerprint density at radius 3 is 2.69 bits per heavy atom. The topological polar surface area (TPSA) is 36.3 Å². The maximum absolute atomic E-state index is 6.50. The van der Waals surface area contributed by atoms with E-state index in [9.17, 15) is 0 Å². The zero-order chi connectivity index (χ0) is 20.1. The lowest BCUT2D eigenvalue weighted by molar-refractivity contribution is -0.180. The fourth-order valence-electron chi connectivity index (χ4n) is 3.46. The maximum atomic E-state index is 6.50. The molecule has 0 radical (unpaired) electrons. The Balaban J connectivity index is 1.40. The normalized spacial score (nSPS) is 21.5. The Morgan fingerprint density at radius 1 is 1.17 bits per heavy atom. The summed E-state index contributed by atoms with van der Waals surface area (Å²) in [6.07, 6.45) is 7.25. The van der Waals surface area contributed by atoms with Crippen molar-refractivity contribution in [3.8, 4) is 0 Å². The monoisotopic (exact) mass is 428 g/mol. The van der Waals surface area contributed by atoms with E-state index in [0.29, 0.717) is 13.2 Å². The molecule has 3 aromatic rings. The van der Waals surface area contributed by atoms with Gasteiger partial charge in [0, 0.05) is 34.5 Å². The molecule has 0 saturated carbocycles. The van der Waals surface area contributed by atoms with Crippen LogP contribution in [0, 0.1) is 6.92 Å². The lowest BCUT2D eigenvalue weighted by atomic mass is 10.0. The van der Waals surface area contributed by atoms with Crippen LogP contribution in [0.4, 0.5) is 0 Å². The minimum atomic E-state index is -0.640. The molecule has 2 atom stereocenters. The minimum Gasteiger partial charge on any atom is -0.345 e. The van der Waals surface area contributed by atoms with Crippen molar-refractivity contribution in [2.24, 2.45) is 0 Å². The quantitative estimate of drug-likeness (QED) is 0.451. The molecule has 0 bridgehead atoms. The summed E-state index contributed by atoms with van der Waals surface area (Å²) in [5.41, 5.74) is 2.50. The van der Waals surface area contributed by atoms with E-state index in [1.54, 1.807) is 6.20 Å². The third kappa shape index (κ3) is 5.64. The number of hydrogen-bond acceptors (Lipinski definition) is 4. The number of benzene rings is 2. The van der Waals surface area contributed by atoms with E-state index in [0.717, 1.165) is 23.6 Å². The SMILES string of the molecule is Cc1ccc(SC[C@@H]2CO[C@](CCc3ccc(Cl)cc3)(Cn3ccnc3)O2)cc1. The van der Waals surface area contributed by atoms with Crippen LogP contribution in [0.1, 0.15) is 17.5 Å². The van der Waals surface area contributed by atoms with Crippen LogP contribution < -0.4 is 0 Å². The largest absolute Gasteiger partial charge is 0.345 e. The number of halogens is 1. The Hall–Kier alpha value is -1.79. The fourth-order valence-corrected chi connectivity index (χ4v) is 4.46. The number of nitrogens with zero attached hydrogens (tertiary/aromatic N) is 2. The van der Waals surface area contributed by atoms with Crippen molar-refractivity contribution in [2.45, 2.75) is 43.1 Å². The highest BCUT2D eigenvalue weighted by Gasteiger charge is 2.41. The average molecular weight is 429 g/mol. The summed E-state index contributed by atoms with van der Waals surface area (Å²) in [5, 5.41) is 0.753. The van der Waals surface area contributed by atoms with E-state index in [1.807, 2.05) is 41.0 Å². The summed E-state index contributed by atoms with van der Waals surface area (Å²) < 4.78 is 14.8. The van der Waals surface area contributed by atoms with Crippen LogP contribution in [0.5, 0.6) is 0 Å². The molecule has 0 amide bonds. The van der Waals surface area contributed by atoms with Crippen molar-refractivity contribution in [3.05, 3.63) is 83.4 Å². The second-order valence-electron chi connectivity index (χ2n) is 7.45. The Labute approximate surface area is 181 Å². The highest BCUT2D eigenvalue weighted by molar-refractivity contribution is 7.99. The number of hydrogen-bond donors (Lipinski definition) is 0. The van der Waals surface area contributed by atoms with Crippen LogP contribution in [0.3, 0.4) is 0 Å².